The predicted molar refractivity (Wildman–Crippen MR) is 55.2 cm³/mol. The van der Waals surface area contributed by atoms with Gasteiger partial charge in [-0.25, -0.2) is 12.7 Å². The Labute approximate surface area is 81.4 Å². The van der Waals surface area contributed by atoms with Gasteiger partial charge in [0.25, 0.3) is 0 Å². The smallest absolute Gasteiger partial charge is 0.213 e. The molecule has 1 N–H and O–H groups in total. The van der Waals surface area contributed by atoms with Crippen LogP contribution in [0.3, 0.4) is 0 Å². The van der Waals surface area contributed by atoms with Gasteiger partial charge in [0, 0.05) is 26.2 Å². The highest BCUT2D eigenvalue weighted by atomic mass is 32.2. The summed E-state index contributed by atoms with van der Waals surface area (Å²) in [5.74, 6) is 0.172. The fourth-order valence-corrected chi connectivity index (χ4v) is 1.68. The third kappa shape index (κ3) is 5.23. The van der Waals surface area contributed by atoms with Crippen LogP contribution >= 0.6 is 0 Å². The molecule has 0 aromatic carbocycles. The van der Waals surface area contributed by atoms with Crippen molar-refractivity contribution in [2.24, 2.45) is 0 Å². The van der Waals surface area contributed by atoms with Gasteiger partial charge < -0.3 is 5.32 Å². The van der Waals surface area contributed by atoms with E-state index >= 15 is 0 Å². The molecule has 0 saturated carbocycles. The first kappa shape index (κ1) is 12.9. The average Bonchev–Trinajstić information content (AvgIpc) is 2.03. The van der Waals surface area contributed by atoms with Crippen LogP contribution in [0.5, 0.6) is 0 Å². The topological polar surface area (TPSA) is 49.4 Å². The molecule has 0 aromatic rings. The monoisotopic (exact) mass is 208 g/mol. The molecule has 13 heavy (non-hydrogen) atoms. The van der Waals surface area contributed by atoms with Crippen LogP contribution in [0.2, 0.25) is 0 Å². The minimum atomic E-state index is -3.00. The van der Waals surface area contributed by atoms with Crippen LogP contribution in [0.25, 0.3) is 0 Å². The second kappa shape index (κ2) is 5.57. The molecule has 5 heteroatoms. The third-order valence-corrected chi connectivity index (χ3v) is 3.68. The van der Waals surface area contributed by atoms with E-state index in [9.17, 15) is 8.42 Å². The number of hydrogen-bond acceptors (Lipinski definition) is 3. The molecule has 0 aliphatic rings. The largest absolute Gasteiger partial charge is 0.313 e. The summed E-state index contributed by atoms with van der Waals surface area (Å²) in [5, 5.41) is 3.17. The van der Waals surface area contributed by atoms with Gasteiger partial charge in [-0.15, -0.1) is 0 Å². The normalized spacial score (nSPS) is 12.8. The molecule has 0 rings (SSSR count). The van der Waals surface area contributed by atoms with E-state index in [2.05, 4.69) is 5.32 Å². The van der Waals surface area contributed by atoms with Crippen molar-refractivity contribution in [2.45, 2.75) is 26.8 Å². The standard InChI is InChI=1S/C8H20N2O2S/c1-5-13(11,12)10(4)7-6-9-8(2)3/h8-9H,5-7H2,1-4H3. The Morgan fingerprint density at radius 1 is 1.38 bits per heavy atom. The van der Waals surface area contributed by atoms with Crippen molar-refractivity contribution in [1.29, 1.82) is 0 Å². The van der Waals surface area contributed by atoms with Gasteiger partial charge in [0.1, 0.15) is 0 Å². The van der Waals surface area contributed by atoms with Crippen LogP contribution in [0.4, 0.5) is 0 Å². The van der Waals surface area contributed by atoms with Crippen LogP contribution in [-0.4, -0.2) is 44.7 Å². The first-order chi connectivity index (χ1) is 5.90. The van der Waals surface area contributed by atoms with Crippen molar-refractivity contribution in [1.82, 2.24) is 9.62 Å². The first-order valence-corrected chi connectivity index (χ1v) is 6.18. The van der Waals surface area contributed by atoms with Crippen LogP contribution in [-0.2, 0) is 10.0 Å². The van der Waals surface area contributed by atoms with Crippen LogP contribution in [0, 0.1) is 0 Å². The van der Waals surface area contributed by atoms with Gasteiger partial charge in [0.2, 0.25) is 10.0 Å². The molecule has 0 atom stereocenters. The van der Waals surface area contributed by atoms with E-state index < -0.39 is 10.0 Å². The van der Waals surface area contributed by atoms with Gasteiger partial charge in [-0.2, -0.15) is 0 Å². The fraction of sp³-hybridized carbons (Fsp3) is 1.00. The predicted octanol–water partition coefficient (Wildman–Crippen LogP) is 0.266. The molecule has 0 bridgehead atoms. The third-order valence-electron chi connectivity index (χ3n) is 1.82. The van der Waals surface area contributed by atoms with Crippen LogP contribution in [0.15, 0.2) is 0 Å². The van der Waals surface area contributed by atoms with E-state index in [0.717, 1.165) is 0 Å². The minimum Gasteiger partial charge on any atom is -0.313 e. The molecule has 80 valence electrons. The maximum atomic E-state index is 11.3. The molecule has 0 heterocycles. The molecule has 0 aromatic heterocycles. The summed E-state index contributed by atoms with van der Waals surface area (Å²) in [7, 11) is -1.39. The summed E-state index contributed by atoms with van der Waals surface area (Å²) in [4.78, 5) is 0. The fourth-order valence-electron chi connectivity index (χ4n) is 0.870. The summed E-state index contributed by atoms with van der Waals surface area (Å²) in [6.07, 6.45) is 0. The highest BCUT2D eigenvalue weighted by Crippen LogP contribution is 1.95. The number of rotatable bonds is 6. The summed E-state index contributed by atoms with van der Waals surface area (Å²) < 4.78 is 23.9. The van der Waals surface area contributed by atoms with Crippen molar-refractivity contribution in [3.8, 4) is 0 Å². The first-order valence-electron chi connectivity index (χ1n) is 4.57. The zero-order valence-corrected chi connectivity index (χ0v) is 9.69. The average molecular weight is 208 g/mol. The molecular weight excluding hydrogens is 188 g/mol. The van der Waals surface area contributed by atoms with Crippen LogP contribution < -0.4 is 5.32 Å². The van der Waals surface area contributed by atoms with Gasteiger partial charge in [-0.1, -0.05) is 13.8 Å². The van der Waals surface area contributed by atoms with Crippen molar-refractivity contribution in [2.75, 3.05) is 25.9 Å². The highest BCUT2D eigenvalue weighted by Gasteiger charge is 2.13. The lowest BCUT2D eigenvalue weighted by molar-refractivity contribution is 0.448. The van der Waals surface area contributed by atoms with E-state index in [4.69, 9.17) is 0 Å². The van der Waals surface area contributed by atoms with E-state index in [1.165, 1.54) is 4.31 Å². The number of nitrogens with one attached hydrogen (secondary N) is 1. The Hall–Kier alpha value is -0.130. The second-order valence-corrected chi connectivity index (χ2v) is 5.70. The molecule has 0 aliphatic carbocycles. The number of nitrogens with zero attached hydrogens (tertiary/aromatic N) is 1. The minimum absolute atomic E-state index is 0.172. The Kier molecular flexibility index (Phi) is 5.51. The van der Waals surface area contributed by atoms with Crippen molar-refractivity contribution in [3.63, 3.8) is 0 Å². The SMILES string of the molecule is CCS(=O)(=O)N(C)CCNC(C)C. The van der Waals surface area contributed by atoms with E-state index in [1.54, 1.807) is 14.0 Å². The number of sulfonamides is 1. The number of likely N-dealkylation sites (N-methyl/N-ethyl adjacent to an activating group) is 1. The molecule has 0 spiro atoms. The molecule has 0 saturated heterocycles. The van der Waals surface area contributed by atoms with Gasteiger partial charge in [-0.3, -0.25) is 0 Å². The van der Waals surface area contributed by atoms with Crippen LogP contribution in [0.1, 0.15) is 20.8 Å². The zero-order chi connectivity index (χ0) is 10.5. The van der Waals surface area contributed by atoms with Gasteiger partial charge in [-0.05, 0) is 6.92 Å². The highest BCUT2D eigenvalue weighted by molar-refractivity contribution is 7.89. The Morgan fingerprint density at radius 2 is 1.92 bits per heavy atom. The lowest BCUT2D eigenvalue weighted by atomic mass is 10.4. The second-order valence-electron chi connectivity index (χ2n) is 3.33. The van der Waals surface area contributed by atoms with Gasteiger partial charge >= 0.3 is 0 Å². The van der Waals surface area contributed by atoms with Gasteiger partial charge in [0.15, 0.2) is 0 Å². The molecule has 0 radical (unpaired) electrons. The summed E-state index contributed by atoms with van der Waals surface area (Å²) in [6.45, 7) is 6.96. The van der Waals surface area contributed by atoms with E-state index in [1.807, 2.05) is 13.8 Å². The Morgan fingerprint density at radius 3 is 2.31 bits per heavy atom. The Bertz CT molecular complexity index is 224. The molecule has 0 fully saturated rings. The molecule has 0 amide bonds. The van der Waals surface area contributed by atoms with E-state index in [0.29, 0.717) is 19.1 Å². The lowest BCUT2D eigenvalue weighted by Crippen LogP contribution is -2.36. The zero-order valence-electron chi connectivity index (χ0n) is 8.87. The Balaban J connectivity index is 3.82. The van der Waals surface area contributed by atoms with Crippen molar-refractivity contribution in [3.05, 3.63) is 0 Å². The molecule has 0 aliphatic heterocycles. The summed E-state index contributed by atoms with van der Waals surface area (Å²) in [6, 6.07) is 0.401. The van der Waals surface area contributed by atoms with Crippen molar-refractivity contribution >= 4 is 10.0 Å². The molecule has 4 nitrogen and oxygen atoms in total. The maximum absolute atomic E-state index is 11.3. The quantitative estimate of drug-likeness (QED) is 0.681. The lowest BCUT2D eigenvalue weighted by Gasteiger charge is -2.17. The number of hydrogen-bond donors (Lipinski definition) is 1. The maximum Gasteiger partial charge on any atom is 0.213 e. The van der Waals surface area contributed by atoms with Gasteiger partial charge in [0.05, 0.1) is 5.75 Å². The summed E-state index contributed by atoms with van der Waals surface area (Å²) >= 11 is 0. The summed E-state index contributed by atoms with van der Waals surface area (Å²) in [5.41, 5.74) is 0. The molecular formula is C8H20N2O2S. The van der Waals surface area contributed by atoms with Crippen molar-refractivity contribution < 1.29 is 8.42 Å². The molecule has 0 unspecified atom stereocenters. The van der Waals surface area contributed by atoms with E-state index in [-0.39, 0.29) is 5.75 Å².